The summed E-state index contributed by atoms with van der Waals surface area (Å²) in [6.45, 7) is 4.53. The Morgan fingerprint density at radius 3 is 1.37 bits per heavy atom. The van der Waals surface area contributed by atoms with Crippen molar-refractivity contribution in [3.05, 3.63) is 247 Å². The largest absolute Gasteiger partial charge is 1.00 e. The van der Waals surface area contributed by atoms with E-state index in [0.717, 1.165) is 0 Å². The van der Waals surface area contributed by atoms with Crippen LogP contribution in [0, 0.1) is 13.8 Å². The Kier molecular flexibility index (Phi) is 11.4. The molecule has 54 heavy (non-hydrogen) atoms. The summed E-state index contributed by atoms with van der Waals surface area (Å²) in [7, 11) is 0. The minimum atomic E-state index is -3.25. The number of allylic oxidation sites excluding steroid dienone is 4. The summed E-state index contributed by atoms with van der Waals surface area (Å²) in [5.74, 6) is 0.144. The smallest absolute Gasteiger partial charge is 1.00 e. The molecular weight excluding hydrogens is 775 g/mol. The molecule has 0 fully saturated rings. The third-order valence-electron chi connectivity index (χ3n) is 10.8. The number of benzene rings is 7. The molecule has 1 unspecified atom stereocenters. The summed E-state index contributed by atoms with van der Waals surface area (Å²) < 4.78 is 3.49. The van der Waals surface area contributed by atoms with Gasteiger partial charge in [-0.3, -0.25) is 0 Å². The number of hydrogen-bond acceptors (Lipinski definition) is 0. The quantitative estimate of drug-likeness (QED) is 0.171. The van der Waals surface area contributed by atoms with Crippen LogP contribution in [-0.4, -0.2) is 3.21 Å². The van der Waals surface area contributed by atoms with Crippen LogP contribution in [0.4, 0.5) is 0 Å². The van der Waals surface area contributed by atoms with Gasteiger partial charge in [0.15, 0.2) is 0 Å². The number of halogens is 2. The van der Waals surface area contributed by atoms with Crippen LogP contribution >= 0.6 is 0 Å². The third-order valence-corrected chi connectivity index (χ3v) is 19.3. The normalized spacial score (nSPS) is 14.2. The fourth-order valence-electron chi connectivity index (χ4n) is 8.57. The van der Waals surface area contributed by atoms with Gasteiger partial charge in [0.05, 0.1) is 0 Å². The van der Waals surface area contributed by atoms with Gasteiger partial charge < -0.3 is 24.8 Å². The van der Waals surface area contributed by atoms with E-state index in [9.17, 15) is 0 Å². The van der Waals surface area contributed by atoms with E-state index in [-0.39, 0.29) is 34.4 Å². The predicted molar refractivity (Wildman–Crippen MR) is 216 cm³/mol. The van der Waals surface area contributed by atoms with Crippen molar-refractivity contribution in [1.82, 2.24) is 0 Å². The molecule has 7 aromatic carbocycles. The van der Waals surface area contributed by atoms with E-state index in [1.165, 1.54) is 72.3 Å². The van der Waals surface area contributed by atoms with Gasteiger partial charge in [-0.15, -0.1) is 0 Å². The molecule has 0 saturated heterocycles. The molecule has 0 spiro atoms. The van der Waals surface area contributed by atoms with E-state index in [0.29, 0.717) is 0 Å². The second-order valence-electron chi connectivity index (χ2n) is 14.1. The Morgan fingerprint density at radius 1 is 0.463 bits per heavy atom. The first kappa shape index (κ1) is 37.7. The first-order chi connectivity index (χ1) is 25.7. The zero-order valence-corrected chi connectivity index (χ0v) is 34.4. The Labute approximate surface area is 339 Å². The van der Waals surface area contributed by atoms with Gasteiger partial charge in [-0.25, -0.2) is 0 Å². The monoisotopic (exact) mass is 812 g/mol. The molecule has 0 N–H and O–H groups in total. The van der Waals surface area contributed by atoms with Crippen molar-refractivity contribution in [2.24, 2.45) is 0 Å². The molecular formula is C51H40Cl2Zr. The van der Waals surface area contributed by atoms with E-state index in [4.69, 9.17) is 0 Å². The zero-order valence-electron chi connectivity index (χ0n) is 30.4. The van der Waals surface area contributed by atoms with Gasteiger partial charge in [-0.2, -0.15) is 0 Å². The standard InChI is InChI=1S/C23H17.C15H13.C13H10.2ClH.Zr/c1-4-10-18(11-5-1)21-16-22(19-12-6-2-7-13-19)23(17-21)20-14-8-3-9-15-20;1-10-3-5-14-12(7-10)9-13-8-11(2)4-6-15(13)14;1-3-7-12(8-4-1)11-13-9-5-2-6-10-13;;;/h1-16,21H;3-9H,1-2H3;1-10H;2*1H;/q;;;;;+2/p-2. The maximum absolute atomic E-state index is 3.25. The summed E-state index contributed by atoms with van der Waals surface area (Å²) in [6, 6.07) is 70.8. The predicted octanol–water partition coefficient (Wildman–Crippen LogP) is 6.56. The van der Waals surface area contributed by atoms with Gasteiger partial charge >= 0.3 is 318 Å². The van der Waals surface area contributed by atoms with E-state index in [2.05, 4.69) is 208 Å². The van der Waals surface area contributed by atoms with E-state index in [1.807, 2.05) is 0 Å². The van der Waals surface area contributed by atoms with Crippen LogP contribution in [0.25, 0.3) is 22.3 Å². The molecule has 0 aliphatic heterocycles. The topological polar surface area (TPSA) is 0 Å². The number of hydrogen-bond donors (Lipinski definition) is 0. The maximum Gasteiger partial charge on any atom is -1.00 e. The van der Waals surface area contributed by atoms with Crippen molar-refractivity contribution in [1.29, 1.82) is 0 Å². The molecule has 2 aliphatic rings. The minimum absolute atomic E-state index is 0. The summed E-state index contributed by atoms with van der Waals surface area (Å²) in [5, 5.41) is 0. The first-order valence-electron chi connectivity index (χ1n) is 18.3. The minimum Gasteiger partial charge on any atom is -1.00 e. The second kappa shape index (κ2) is 16.4. The van der Waals surface area contributed by atoms with Gasteiger partial charge in [0.25, 0.3) is 0 Å². The van der Waals surface area contributed by atoms with Gasteiger partial charge in [-0.05, 0) is 0 Å². The molecule has 0 amide bonds. The van der Waals surface area contributed by atoms with Crippen molar-refractivity contribution in [3.8, 4) is 11.1 Å². The summed E-state index contributed by atoms with van der Waals surface area (Å²) >= 11 is -3.25. The van der Waals surface area contributed by atoms with E-state index < -0.39 is 21.3 Å². The average Bonchev–Trinajstić information content (AvgIpc) is 3.74. The van der Waals surface area contributed by atoms with Crippen molar-refractivity contribution >= 4 is 14.4 Å². The molecule has 0 bridgehead atoms. The molecule has 1 atom stereocenters. The Balaban J connectivity index is 0.00000225. The molecule has 262 valence electrons. The Morgan fingerprint density at radius 2 is 0.889 bits per heavy atom. The third kappa shape index (κ3) is 6.91. The van der Waals surface area contributed by atoms with Gasteiger partial charge in [-0.1, -0.05) is 0 Å². The summed E-state index contributed by atoms with van der Waals surface area (Å²) in [5.41, 5.74) is 17.9. The van der Waals surface area contributed by atoms with Crippen LogP contribution in [-0.2, 0) is 21.3 Å². The molecule has 9 rings (SSSR count). The Bertz CT molecular complexity index is 2410. The van der Waals surface area contributed by atoms with Crippen molar-refractivity contribution in [2.45, 2.75) is 23.4 Å². The SMILES string of the molecule is Cc1ccc2c(c1)[CH]([Zr+2]([C]1=C(c3ccccc3)C(c3ccccc3)=CC1c1ccccc1)=[C](c1ccccc1)c1ccccc1)c1cc(C)ccc1-2.[Cl-].[Cl-]. The molecule has 0 saturated carbocycles. The maximum atomic E-state index is 2.61. The van der Waals surface area contributed by atoms with Crippen LogP contribution in [0.15, 0.2) is 197 Å². The van der Waals surface area contributed by atoms with Crippen LogP contribution in [0.5, 0.6) is 0 Å². The second-order valence-corrected chi connectivity index (χ2v) is 20.1. The number of aryl methyl sites for hydroxylation is 2. The molecule has 3 heteroatoms. The molecule has 0 radical (unpaired) electrons. The Hall–Kier alpha value is -4.65. The van der Waals surface area contributed by atoms with Crippen molar-refractivity contribution in [2.75, 3.05) is 0 Å². The summed E-state index contributed by atoms with van der Waals surface area (Å²) in [4.78, 5) is 0. The molecule has 0 aromatic heterocycles. The number of rotatable bonds is 7. The van der Waals surface area contributed by atoms with Gasteiger partial charge in [0.1, 0.15) is 0 Å². The summed E-state index contributed by atoms with van der Waals surface area (Å²) in [6.07, 6.45) is 2.61. The number of fused-ring (bicyclic) bond motifs is 3. The fourth-order valence-corrected chi connectivity index (χ4v) is 18.5. The van der Waals surface area contributed by atoms with Crippen LogP contribution in [0.1, 0.15) is 59.6 Å². The van der Waals surface area contributed by atoms with Gasteiger partial charge in [0.2, 0.25) is 0 Å². The average molecular weight is 815 g/mol. The van der Waals surface area contributed by atoms with E-state index >= 15 is 0 Å². The van der Waals surface area contributed by atoms with Crippen LogP contribution < -0.4 is 24.8 Å². The molecule has 0 heterocycles. The molecule has 2 aliphatic carbocycles. The molecule has 7 aromatic rings. The fraction of sp³-hybridized carbons (Fsp3) is 0.0784. The van der Waals surface area contributed by atoms with Crippen molar-refractivity contribution in [3.63, 3.8) is 0 Å². The van der Waals surface area contributed by atoms with Gasteiger partial charge in [0, 0.05) is 0 Å². The zero-order chi connectivity index (χ0) is 35.0. The van der Waals surface area contributed by atoms with Crippen molar-refractivity contribution < 1.29 is 46.1 Å². The molecule has 0 nitrogen and oxygen atoms in total. The first-order valence-corrected chi connectivity index (χ1v) is 22.2. The van der Waals surface area contributed by atoms with Crippen LogP contribution in [0.3, 0.4) is 0 Å². The van der Waals surface area contributed by atoms with E-state index in [1.54, 1.807) is 6.49 Å². The van der Waals surface area contributed by atoms with Crippen LogP contribution in [0.2, 0.25) is 0 Å².